The number of rotatable bonds is 7. The summed E-state index contributed by atoms with van der Waals surface area (Å²) in [6.45, 7) is 7.31. The lowest BCUT2D eigenvalue weighted by atomic mass is 10.3. The van der Waals surface area contributed by atoms with E-state index >= 15 is 0 Å². The lowest BCUT2D eigenvalue weighted by molar-refractivity contribution is 0.0986. The molecule has 0 aliphatic carbocycles. The third kappa shape index (κ3) is 4.57. The molecule has 0 unspecified atom stereocenters. The average Bonchev–Trinajstić information content (AvgIpc) is 3.39. The van der Waals surface area contributed by atoms with Crippen LogP contribution in [-0.4, -0.2) is 33.8 Å². The van der Waals surface area contributed by atoms with Crippen LogP contribution in [0.3, 0.4) is 0 Å². The highest BCUT2D eigenvalue weighted by atomic mass is 35.5. The number of hydrogen-bond acceptors (Lipinski definition) is 6. The summed E-state index contributed by atoms with van der Waals surface area (Å²) in [5, 5.41) is 5.08. The van der Waals surface area contributed by atoms with Gasteiger partial charge in [0.2, 0.25) is 0 Å². The van der Waals surface area contributed by atoms with Gasteiger partial charge < -0.3 is 4.74 Å². The maximum Gasteiger partial charge on any atom is 0.262 e. The van der Waals surface area contributed by atoms with Crippen LogP contribution in [0.15, 0.2) is 30.3 Å². The standard InChI is InChI=1S/C21H20Cl2N4O2S2/c1-4-29-15-6-5-7-16-18(15)24-21(30-16)26(8-9-27-13(3)10-12(2)25-27)20(28)14-11-17(22)31-19(14)23/h5-7,10-11H,4,8-9H2,1-3H3. The van der Waals surface area contributed by atoms with Crippen LogP contribution >= 0.6 is 45.9 Å². The molecule has 0 aliphatic heterocycles. The molecule has 0 fully saturated rings. The van der Waals surface area contributed by atoms with Gasteiger partial charge in [-0.05, 0) is 45.0 Å². The molecule has 1 amide bonds. The van der Waals surface area contributed by atoms with Crippen molar-refractivity contribution in [1.82, 2.24) is 14.8 Å². The van der Waals surface area contributed by atoms with Crippen molar-refractivity contribution in [2.75, 3.05) is 18.1 Å². The fraction of sp³-hybridized carbons (Fsp3) is 0.286. The topological polar surface area (TPSA) is 60.2 Å². The minimum Gasteiger partial charge on any atom is -0.492 e. The van der Waals surface area contributed by atoms with Crippen molar-refractivity contribution in [2.45, 2.75) is 27.3 Å². The lowest BCUT2D eigenvalue weighted by Gasteiger charge is -2.20. The Balaban J connectivity index is 1.73. The van der Waals surface area contributed by atoms with E-state index in [2.05, 4.69) is 5.10 Å². The van der Waals surface area contributed by atoms with E-state index in [9.17, 15) is 4.79 Å². The number of thiazole rings is 1. The van der Waals surface area contributed by atoms with Gasteiger partial charge in [0.1, 0.15) is 15.6 Å². The van der Waals surface area contributed by atoms with Crippen LogP contribution in [0.2, 0.25) is 8.67 Å². The van der Waals surface area contributed by atoms with E-state index in [-0.39, 0.29) is 5.91 Å². The number of anilines is 1. The number of halogens is 2. The van der Waals surface area contributed by atoms with Gasteiger partial charge in [-0.3, -0.25) is 14.4 Å². The first-order valence-electron chi connectivity index (χ1n) is 9.67. The van der Waals surface area contributed by atoms with E-state index < -0.39 is 0 Å². The summed E-state index contributed by atoms with van der Waals surface area (Å²) in [5.74, 6) is 0.455. The highest BCUT2D eigenvalue weighted by Gasteiger charge is 2.25. The number of carbonyl (C=O) groups excluding carboxylic acids is 1. The molecule has 0 aliphatic rings. The van der Waals surface area contributed by atoms with E-state index in [0.29, 0.717) is 44.8 Å². The lowest BCUT2D eigenvalue weighted by Crippen LogP contribution is -2.34. The number of ether oxygens (including phenoxy) is 1. The molecule has 0 N–H and O–H groups in total. The van der Waals surface area contributed by atoms with Crippen molar-refractivity contribution in [2.24, 2.45) is 0 Å². The van der Waals surface area contributed by atoms with Crippen molar-refractivity contribution in [1.29, 1.82) is 0 Å². The molecule has 0 spiro atoms. The van der Waals surface area contributed by atoms with Crippen LogP contribution in [0.1, 0.15) is 28.7 Å². The second-order valence-corrected chi connectivity index (χ2v) is 10.2. The van der Waals surface area contributed by atoms with Crippen molar-refractivity contribution in [3.8, 4) is 5.75 Å². The normalized spacial score (nSPS) is 11.3. The van der Waals surface area contributed by atoms with Crippen molar-refractivity contribution in [3.05, 3.63) is 56.0 Å². The van der Waals surface area contributed by atoms with Crippen molar-refractivity contribution >= 4 is 67.1 Å². The number of amides is 1. The molecule has 4 rings (SSSR count). The van der Waals surface area contributed by atoms with Crippen molar-refractivity contribution in [3.63, 3.8) is 0 Å². The van der Waals surface area contributed by atoms with E-state index in [1.54, 1.807) is 11.0 Å². The van der Waals surface area contributed by atoms with Gasteiger partial charge in [-0.25, -0.2) is 4.98 Å². The molecule has 0 saturated carbocycles. The fourth-order valence-electron chi connectivity index (χ4n) is 3.31. The molecule has 31 heavy (non-hydrogen) atoms. The summed E-state index contributed by atoms with van der Waals surface area (Å²) in [5.41, 5.74) is 3.07. The van der Waals surface area contributed by atoms with Crippen LogP contribution in [0, 0.1) is 13.8 Å². The van der Waals surface area contributed by atoms with Gasteiger partial charge in [0.05, 0.1) is 33.4 Å². The number of nitrogens with zero attached hydrogens (tertiary/aromatic N) is 4. The van der Waals surface area contributed by atoms with Crippen LogP contribution in [0.4, 0.5) is 5.13 Å². The van der Waals surface area contributed by atoms with Gasteiger partial charge in [0, 0.05) is 12.2 Å². The van der Waals surface area contributed by atoms with Gasteiger partial charge >= 0.3 is 0 Å². The smallest absolute Gasteiger partial charge is 0.262 e. The summed E-state index contributed by atoms with van der Waals surface area (Å²) >= 11 is 15.0. The molecule has 6 nitrogen and oxygen atoms in total. The van der Waals surface area contributed by atoms with Crippen molar-refractivity contribution < 1.29 is 9.53 Å². The molecular weight excluding hydrogens is 475 g/mol. The van der Waals surface area contributed by atoms with Gasteiger partial charge in [-0.1, -0.05) is 40.6 Å². The van der Waals surface area contributed by atoms with Crippen LogP contribution in [0.25, 0.3) is 10.2 Å². The summed E-state index contributed by atoms with van der Waals surface area (Å²) < 4.78 is 9.38. The highest BCUT2D eigenvalue weighted by Crippen LogP contribution is 2.37. The van der Waals surface area contributed by atoms with Gasteiger partial charge in [-0.2, -0.15) is 5.10 Å². The molecule has 4 aromatic rings. The molecular formula is C21H20Cl2N4O2S2. The van der Waals surface area contributed by atoms with Gasteiger partial charge in [0.15, 0.2) is 5.13 Å². The Labute approximate surface area is 198 Å². The third-order valence-corrected chi connectivity index (χ3v) is 7.20. The number of benzene rings is 1. The zero-order valence-electron chi connectivity index (χ0n) is 17.2. The maximum absolute atomic E-state index is 13.5. The van der Waals surface area contributed by atoms with E-state index in [1.807, 2.05) is 49.7 Å². The van der Waals surface area contributed by atoms with Gasteiger partial charge in [0.25, 0.3) is 5.91 Å². The van der Waals surface area contributed by atoms with Crippen LogP contribution < -0.4 is 9.64 Å². The SMILES string of the molecule is CCOc1cccc2sc(N(CCn3nc(C)cc3C)C(=O)c3cc(Cl)sc3Cl)nc12. The molecule has 3 heterocycles. The number of hydrogen-bond donors (Lipinski definition) is 0. The highest BCUT2D eigenvalue weighted by molar-refractivity contribution is 7.22. The van der Waals surface area contributed by atoms with E-state index in [0.717, 1.165) is 21.6 Å². The summed E-state index contributed by atoms with van der Waals surface area (Å²) in [6.07, 6.45) is 0. The molecule has 0 saturated heterocycles. The molecule has 1 aromatic carbocycles. The number of aryl methyl sites for hydroxylation is 2. The largest absolute Gasteiger partial charge is 0.492 e. The van der Waals surface area contributed by atoms with Crippen LogP contribution in [0.5, 0.6) is 5.75 Å². The Morgan fingerprint density at radius 1 is 1.23 bits per heavy atom. The maximum atomic E-state index is 13.5. The Bertz CT molecular complexity index is 1250. The minimum absolute atomic E-state index is 0.244. The number of thiophene rings is 1. The second kappa shape index (κ2) is 9.16. The first-order valence-corrected chi connectivity index (χ1v) is 12.1. The molecule has 0 atom stereocenters. The predicted octanol–water partition coefficient (Wildman–Crippen LogP) is 6.22. The Hall–Kier alpha value is -2.13. The van der Waals surface area contributed by atoms with Gasteiger partial charge in [-0.15, -0.1) is 11.3 Å². The number of carbonyl (C=O) groups is 1. The summed E-state index contributed by atoms with van der Waals surface area (Å²) in [4.78, 5) is 19.9. The summed E-state index contributed by atoms with van der Waals surface area (Å²) in [6, 6.07) is 9.39. The Morgan fingerprint density at radius 2 is 2.03 bits per heavy atom. The zero-order chi connectivity index (χ0) is 22.1. The predicted molar refractivity (Wildman–Crippen MR) is 129 cm³/mol. The fourth-order valence-corrected chi connectivity index (χ4v) is 5.77. The number of fused-ring (bicyclic) bond motifs is 1. The zero-order valence-corrected chi connectivity index (χ0v) is 20.3. The van der Waals surface area contributed by atoms with E-state index in [1.165, 1.54) is 22.7 Å². The Kier molecular flexibility index (Phi) is 6.52. The molecule has 0 bridgehead atoms. The molecule has 3 aromatic heterocycles. The summed E-state index contributed by atoms with van der Waals surface area (Å²) in [7, 11) is 0. The van der Waals surface area contributed by atoms with Crippen LogP contribution in [-0.2, 0) is 6.54 Å². The minimum atomic E-state index is -0.244. The first-order chi connectivity index (χ1) is 14.9. The number of para-hydroxylation sites is 1. The number of aromatic nitrogens is 3. The average molecular weight is 495 g/mol. The Morgan fingerprint density at radius 3 is 2.68 bits per heavy atom. The molecule has 10 heteroatoms. The third-order valence-electron chi connectivity index (χ3n) is 4.67. The van der Waals surface area contributed by atoms with E-state index in [4.69, 9.17) is 32.9 Å². The molecule has 0 radical (unpaired) electrons. The monoisotopic (exact) mass is 494 g/mol. The second-order valence-electron chi connectivity index (χ2n) is 6.88. The molecule has 162 valence electrons. The first kappa shape index (κ1) is 22.1. The quantitative estimate of drug-likeness (QED) is 0.305.